The van der Waals surface area contributed by atoms with Crippen molar-refractivity contribution in [3.63, 3.8) is 0 Å². The van der Waals surface area contributed by atoms with Gasteiger partial charge < -0.3 is 0 Å². The van der Waals surface area contributed by atoms with Crippen LogP contribution in [0, 0.1) is 17.6 Å². The highest BCUT2D eigenvalue weighted by Gasteiger charge is 2.21. The van der Waals surface area contributed by atoms with Gasteiger partial charge in [-0.1, -0.05) is 62.4 Å². The van der Waals surface area contributed by atoms with Crippen LogP contribution in [-0.4, -0.2) is 0 Å². The minimum Gasteiger partial charge on any atom is -0.203 e. The maximum atomic E-state index is 14.6. The predicted molar refractivity (Wildman–Crippen MR) is 127 cm³/mol. The zero-order valence-corrected chi connectivity index (χ0v) is 18.8. The average Bonchev–Trinajstić information content (AvgIpc) is 2.81. The number of halogens is 2. The Bertz CT molecular complexity index is 1070. The Morgan fingerprint density at radius 2 is 1.58 bits per heavy atom. The molecule has 0 N–H and O–H groups in total. The SMILES string of the molecule is C/C=C/C1CCC(c2ccc(C(C)c3ccc4cc(CC)c(F)c(F)c4c3)cc2)CC1. The van der Waals surface area contributed by atoms with Gasteiger partial charge in [0.25, 0.3) is 0 Å². The van der Waals surface area contributed by atoms with Crippen LogP contribution in [0.2, 0.25) is 0 Å². The molecule has 0 aromatic heterocycles. The summed E-state index contributed by atoms with van der Waals surface area (Å²) < 4.78 is 28.9. The lowest BCUT2D eigenvalue weighted by Crippen LogP contribution is -2.11. The molecule has 0 heterocycles. The van der Waals surface area contributed by atoms with E-state index in [1.54, 1.807) is 6.07 Å². The number of benzene rings is 3. The first-order valence-corrected chi connectivity index (χ1v) is 11.6. The van der Waals surface area contributed by atoms with E-state index in [2.05, 4.69) is 50.3 Å². The van der Waals surface area contributed by atoms with E-state index in [0.717, 1.165) is 16.9 Å². The van der Waals surface area contributed by atoms with Crippen molar-refractivity contribution in [1.29, 1.82) is 0 Å². The van der Waals surface area contributed by atoms with E-state index in [1.807, 2.05) is 25.1 Å². The van der Waals surface area contributed by atoms with Gasteiger partial charge in [0.2, 0.25) is 0 Å². The molecule has 0 bridgehead atoms. The zero-order chi connectivity index (χ0) is 22.0. The van der Waals surface area contributed by atoms with E-state index in [0.29, 0.717) is 23.3 Å². The molecule has 0 spiro atoms. The molecule has 0 radical (unpaired) electrons. The van der Waals surface area contributed by atoms with Gasteiger partial charge in [-0.05, 0) is 90.6 Å². The predicted octanol–water partition coefficient (Wildman–Crippen LogP) is 8.68. The summed E-state index contributed by atoms with van der Waals surface area (Å²) in [7, 11) is 0. The monoisotopic (exact) mass is 418 g/mol. The summed E-state index contributed by atoms with van der Waals surface area (Å²) in [6.45, 7) is 6.08. The Morgan fingerprint density at radius 1 is 0.903 bits per heavy atom. The number of fused-ring (bicyclic) bond motifs is 1. The van der Waals surface area contributed by atoms with E-state index in [1.165, 1.54) is 36.8 Å². The van der Waals surface area contributed by atoms with Gasteiger partial charge in [0.05, 0.1) is 0 Å². The molecule has 1 unspecified atom stereocenters. The van der Waals surface area contributed by atoms with Crippen LogP contribution in [0.15, 0.2) is 60.7 Å². The third kappa shape index (κ3) is 4.44. The topological polar surface area (TPSA) is 0 Å². The molecule has 4 rings (SSSR count). The molecule has 1 saturated carbocycles. The fourth-order valence-corrected chi connectivity index (χ4v) is 5.09. The van der Waals surface area contributed by atoms with Gasteiger partial charge >= 0.3 is 0 Å². The van der Waals surface area contributed by atoms with Crippen molar-refractivity contribution < 1.29 is 8.78 Å². The first kappa shape index (κ1) is 21.7. The van der Waals surface area contributed by atoms with Crippen molar-refractivity contribution in [3.05, 3.63) is 94.6 Å². The van der Waals surface area contributed by atoms with Crippen molar-refractivity contribution in [3.8, 4) is 0 Å². The van der Waals surface area contributed by atoms with E-state index in [4.69, 9.17) is 0 Å². The summed E-state index contributed by atoms with van der Waals surface area (Å²) in [6.07, 6.45) is 10.1. The highest BCUT2D eigenvalue weighted by Crippen LogP contribution is 2.37. The van der Waals surface area contributed by atoms with Crippen LogP contribution in [0.25, 0.3) is 10.8 Å². The summed E-state index contributed by atoms with van der Waals surface area (Å²) in [5.41, 5.74) is 4.07. The Morgan fingerprint density at radius 3 is 2.23 bits per heavy atom. The van der Waals surface area contributed by atoms with Crippen molar-refractivity contribution in [2.45, 2.75) is 64.7 Å². The molecular formula is C29H32F2. The van der Waals surface area contributed by atoms with Crippen molar-refractivity contribution in [2.75, 3.05) is 0 Å². The van der Waals surface area contributed by atoms with Crippen LogP contribution in [0.3, 0.4) is 0 Å². The summed E-state index contributed by atoms with van der Waals surface area (Å²) in [6, 6.07) is 16.5. The van der Waals surface area contributed by atoms with Gasteiger partial charge in [-0.2, -0.15) is 0 Å². The van der Waals surface area contributed by atoms with Gasteiger partial charge in [0, 0.05) is 11.3 Å². The number of hydrogen-bond acceptors (Lipinski definition) is 0. The molecule has 1 atom stereocenters. The number of aryl methyl sites for hydroxylation is 1. The molecule has 3 aromatic carbocycles. The van der Waals surface area contributed by atoms with Gasteiger partial charge in [-0.3, -0.25) is 0 Å². The fraction of sp³-hybridized carbons (Fsp3) is 0.379. The second kappa shape index (κ2) is 9.34. The average molecular weight is 419 g/mol. The van der Waals surface area contributed by atoms with Crippen LogP contribution in [-0.2, 0) is 6.42 Å². The third-order valence-corrected chi connectivity index (χ3v) is 7.14. The third-order valence-electron chi connectivity index (χ3n) is 7.14. The highest BCUT2D eigenvalue weighted by atomic mass is 19.2. The normalized spacial score (nSPS) is 20.4. The van der Waals surface area contributed by atoms with Crippen molar-refractivity contribution in [1.82, 2.24) is 0 Å². The van der Waals surface area contributed by atoms with Crippen LogP contribution >= 0.6 is 0 Å². The molecule has 1 aliphatic carbocycles. The van der Waals surface area contributed by atoms with Crippen molar-refractivity contribution in [2.24, 2.45) is 5.92 Å². The first-order chi connectivity index (χ1) is 15.0. The van der Waals surface area contributed by atoms with Gasteiger partial charge in [-0.25, -0.2) is 8.78 Å². The molecule has 0 amide bonds. The van der Waals surface area contributed by atoms with Crippen molar-refractivity contribution >= 4 is 10.8 Å². The Kier molecular flexibility index (Phi) is 6.55. The van der Waals surface area contributed by atoms with E-state index in [9.17, 15) is 8.78 Å². The number of allylic oxidation sites excluding steroid dienone is 2. The fourth-order valence-electron chi connectivity index (χ4n) is 5.09. The van der Waals surface area contributed by atoms with E-state index >= 15 is 0 Å². The highest BCUT2D eigenvalue weighted by molar-refractivity contribution is 5.85. The summed E-state index contributed by atoms with van der Waals surface area (Å²) in [5.74, 6) is 0.0706. The molecule has 162 valence electrons. The van der Waals surface area contributed by atoms with Crippen LogP contribution in [0.4, 0.5) is 8.78 Å². The molecule has 3 aromatic rings. The maximum absolute atomic E-state index is 14.6. The molecule has 31 heavy (non-hydrogen) atoms. The standard InChI is InChI=1S/C29H32F2/c1-4-6-20-7-9-23(10-8-20)24-13-11-22(12-14-24)19(3)25-15-16-26-17-21(5-2)28(30)29(31)27(26)18-25/h4,6,11-20,23H,5,7-10H2,1-3H3/b6-4+. The molecule has 0 nitrogen and oxygen atoms in total. The zero-order valence-electron chi connectivity index (χ0n) is 18.8. The smallest absolute Gasteiger partial charge is 0.166 e. The van der Waals surface area contributed by atoms with Crippen LogP contribution in [0.1, 0.15) is 80.5 Å². The van der Waals surface area contributed by atoms with Gasteiger partial charge in [0.15, 0.2) is 11.6 Å². The lowest BCUT2D eigenvalue weighted by molar-refractivity contribution is 0.375. The molecule has 0 saturated heterocycles. The van der Waals surface area contributed by atoms with E-state index < -0.39 is 11.6 Å². The lowest BCUT2D eigenvalue weighted by Gasteiger charge is -2.27. The minimum atomic E-state index is -0.729. The summed E-state index contributed by atoms with van der Waals surface area (Å²) >= 11 is 0. The molecule has 2 heteroatoms. The second-order valence-corrected chi connectivity index (χ2v) is 9.02. The second-order valence-electron chi connectivity index (χ2n) is 9.02. The number of hydrogen-bond donors (Lipinski definition) is 0. The quantitative estimate of drug-likeness (QED) is 0.364. The van der Waals surface area contributed by atoms with Gasteiger partial charge in [0.1, 0.15) is 0 Å². The number of rotatable bonds is 5. The van der Waals surface area contributed by atoms with Gasteiger partial charge in [-0.15, -0.1) is 0 Å². The lowest BCUT2D eigenvalue weighted by atomic mass is 9.78. The largest absolute Gasteiger partial charge is 0.203 e. The Labute approximate surface area is 185 Å². The molecule has 1 fully saturated rings. The summed E-state index contributed by atoms with van der Waals surface area (Å²) in [5, 5.41) is 1.13. The Balaban J connectivity index is 1.54. The Hall–Kier alpha value is -2.48. The minimum absolute atomic E-state index is 0.122. The maximum Gasteiger partial charge on any atom is 0.166 e. The van der Waals surface area contributed by atoms with E-state index in [-0.39, 0.29) is 5.92 Å². The first-order valence-electron chi connectivity index (χ1n) is 11.6. The van der Waals surface area contributed by atoms with Crippen LogP contribution < -0.4 is 0 Å². The van der Waals surface area contributed by atoms with Crippen LogP contribution in [0.5, 0.6) is 0 Å². The summed E-state index contributed by atoms with van der Waals surface area (Å²) in [4.78, 5) is 0. The molecular weight excluding hydrogens is 386 g/mol. The molecule has 1 aliphatic rings. The molecule has 0 aliphatic heterocycles.